The maximum atomic E-state index is 12.5. The van der Waals surface area contributed by atoms with Gasteiger partial charge in [-0.05, 0) is 31.2 Å². The Kier molecular flexibility index (Phi) is 9.30. The third-order valence-corrected chi connectivity index (χ3v) is 5.37. The molecule has 0 aliphatic carbocycles. The van der Waals surface area contributed by atoms with Crippen LogP contribution in [0.3, 0.4) is 0 Å². The van der Waals surface area contributed by atoms with E-state index in [9.17, 15) is 13.2 Å². The summed E-state index contributed by atoms with van der Waals surface area (Å²) in [7, 11) is 1.73. The minimum absolute atomic E-state index is 0.214. The molecular weight excluding hydrogens is 371 g/mol. The predicted octanol–water partition coefficient (Wildman–Crippen LogP) is 1.78. The normalized spacial score (nSPS) is 24.0. The summed E-state index contributed by atoms with van der Waals surface area (Å²) in [6.07, 6.45) is -2.24. The first-order valence-corrected chi connectivity index (χ1v) is 10.3. The van der Waals surface area contributed by atoms with E-state index in [-0.39, 0.29) is 5.92 Å². The minimum Gasteiger partial charge on any atom is -0.379 e. The molecule has 9 heteroatoms. The van der Waals surface area contributed by atoms with Crippen LogP contribution in [0.25, 0.3) is 0 Å². The van der Waals surface area contributed by atoms with Crippen molar-refractivity contribution in [3.05, 3.63) is 0 Å². The Labute approximate surface area is 166 Å². The van der Waals surface area contributed by atoms with Gasteiger partial charge in [0.05, 0.1) is 19.8 Å². The van der Waals surface area contributed by atoms with Gasteiger partial charge < -0.3 is 15.4 Å². The van der Waals surface area contributed by atoms with Crippen molar-refractivity contribution in [1.82, 2.24) is 20.4 Å². The van der Waals surface area contributed by atoms with Crippen molar-refractivity contribution in [3.8, 4) is 0 Å². The first-order chi connectivity index (χ1) is 13.3. The van der Waals surface area contributed by atoms with Crippen molar-refractivity contribution in [2.75, 3.05) is 66.1 Å². The number of hydrogen-bond acceptors (Lipinski definition) is 4. The van der Waals surface area contributed by atoms with Gasteiger partial charge in [-0.3, -0.25) is 14.8 Å². The molecule has 2 heterocycles. The molecule has 2 aliphatic rings. The highest BCUT2D eigenvalue weighted by Gasteiger charge is 2.34. The SMILES string of the molecule is CN=C(NCC1CCN(CC(F)(F)F)C1)NCC(CC(C)C)N1CCOCC1. The molecule has 0 aromatic carbocycles. The molecule has 0 bridgehead atoms. The van der Waals surface area contributed by atoms with E-state index in [0.29, 0.717) is 31.6 Å². The molecule has 2 aliphatic heterocycles. The van der Waals surface area contributed by atoms with Crippen LogP contribution >= 0.6 is 0 Å². The van der Waals surface area contributed by atoms with Gasteiger partial charge in [0.15, 0.2) is 5.96 Å². The van der Waals surface area contributed by atoms with Crippen LogP contribution in [-0.4, -0.2) is 94.1 Å². The fraction of sp³-hybridized carbons (Fsp3) is 0.947. The maximum absolute atomic E-state index is 12.5. The molecule has 2 atom stereocenters. The van der Waals surface area contributed by atoms with Gasteiger partial charge in [0, 0.05) is 45.8 Å². The molecule has 2 fully saturated rings. The fourth-order valence-electron chi connectivity index (χ4n) is 4.00. The van der Waals surface area contributed by atoms with Gasteiger partial charge in [-0.15, -0.1) is 0 Å². The van der Waals surface area contributed by atoms with E-state index in [4.69, 9.17) is 4.74 Å². The van der Waals surface area contributed by atoms with Gasteiger partial charge >= 0.3 is 6.18 Å². The second-order valence-corrected chi connectivity index (χ2v) is 8.27. The summed E-state index contributed by atoms with van der Waals surface area (Å²) in [5, 5.41) is 6.70. The summed E-state index contributed by atoms with van der Waals surface area (Å²) in [6.45, 7) is 9.51. The van der Waals surface area contributed by atoms with Gasteiger partial charge in [0.25, 0.3) is 0 Å². The molecule has 0 amide bonds. The number of nitrogens with zero attached hydrogens (tertiary/aromatic N) is 3. The highest BCUT2D eigenvalue weighted by molar-refractivity contribution is 5.79. The third-order valence-electron chi connectivity index (χ3n) is 5.37. The predicted molar refractivity (Wildman–Crippen MR) is 106 cm³/mol. The number of aliphatic imine (C=N–C) groups is 1. The molecule has 2 rings (SSSR count). The van der Waals surface area contributed by atoms with Crippen molar-refractivity contribution in [2.45, 2.75) is 38.9 Å². The van der Waals surface area contributed by atoms with Crippen LogP contribution < -0.4 is 10.6 Å². The van der Waals surface area contributed by atoms with Gasteiger partial charge in [0.1, 0.15) is 0 Å². The Bertz CT molecular complexity index is 481. The summed E-state index contributed by atoms with van der Waals surface area (Å²) >= 11 is 0. The van der Waals surface area contributed by atoms with E-state index in [0.717, 1.165) is 51.6 Å². The maximum Gasteiger partial charge on any atom is 0.401 e. The van der Waals surface area contributed by atoms with E-state index in [2.05, 4.69) is 34.4 Å². The lowest BCUT2D eigenvalue weighted by Crippen LogP contribution is -2.51. The van der Waals surface area contributed by atoms with E-state index < -0.39 is 12.7 Å². The fourth-order valence-corrected chi connectivity index (χ4v) is 4.00. The Morgan fingerprint density at radius 1 is 1.18 bits per heavy atom. The zero-order valence-corrected chi connectivity index (χ0v) is 17.4. The number of rotatable bonds is 8. The van der Waals surface area contributed by atoms with E-state index in [1.54, 1.807) is 7.05 Å². The summed E-state index contributed by atoms with van der Waals surface area (Å²) in [4.78, 5) is 8.24. The van der Waals surface area contributed by atoms with Crippen LogP contribution in [0.4, 0.5) is 13.2 Å². The molecule has 28 heavy (non-hydrogen) atoms. The van der Waals surface area contributed by atoms with Crippen LogP contribution in [0, 0.1) is 11.8 Å². The third kappa shape index (κ3) is 8.53. The number of morpholine rings is 1. The number of alkyl halides is 3. The first-order valence-electron chi connectivity index (χ1n) is 10.3. The lowest BCUT2D eigenvalue weighted by atomic mass is 10.0. The molecular formula is C19H36F3N5O. The highest BCUT2D eigenvalue weighted by Crippen LogP contribution is 2.22. The number of halogens is 3. The van der Waals surface area contributed by atoms with E-state index in [1.807, 2.05) is 0 Å². The summed E-state index contributed by atoms with van der Waals surface area (Å²) in [5.74, 6) is 1.53. The van der Waals surface area contributed by atoms with Gasteiger partial charge in [-0.1, -0.05) is 13.8 Å². The quantitative estimate of drug-likeness (QED) is 0.475. The molecule has 2 saturated heterocycles. The Morgan fingerprint density at radius 2 is 1.89 bits per heavy atom. The van der Waals surface area contributed by atoms with Crippen molar-refractivity contribution < 1.29 is 17.9 Å². The largest absolute Gasteiger partial charge is 0.401 e. The topological polar surface area (TPSA) is 52.1 Å². The molecule has 0 spiro atoms. The summed E-state index contributed by atoms with van der Waals surface area (Å²) in [5.41, 5.74) is 0. The van der Waals surface area contributed by atoms with Crippen LogP contribution in [0.5, 0.6) is 0 Å². The van der Waals surface area contributed by atoms with Gasteiger partial charge in [-0.25, -0.2) is 0 Å². The molecule has 6 nitrogen and oxygen atoms in total. The Hall–Kier alpha value is -1.06. The zero-order chi connectivity index (χ0) is 20.6. The zero-order valence-electron chi connectivity index (χ0n) is 17.4. The van der Waals surface area contributed by atoms with Gasteiger partial charge in [0.2, 0.25) is 0 Å². The van der Waals surface area contributed by atoms with E-state index >= 15 is 0 Å². The Morgan fingerprint density at radius 3 is 2.50 bits per heavy atom. The molecule has 0 aromatic rings. The van der Waals surface area contributed by atoms with Crippen molar-refractivity contribution in [2.24, 2.45) is 16.8 Å². The van der Waals surface area contributed by atoms with Crippen molar-refractivity contribution >= 4 is 5.96 Å². The molecule has 164 valence electrons. The van der Waals surface area contributed by atoms with Crippen LogP contribution in [0.15, 0.2) is 4.99 Å². The lowest BCUT2D eigenvalue weighted by Gasteiger charge is -2.35. The van der Waals surface area contributed by atoms with Crippen LogP contribution in [0.2, 0.25) is 0 Å². The summed E-state index contributed by atoms with van der Waals surface area (Å²) in [6, 6.07) is 0.413. The van der Waals surface area contributed by atoms with Gasteiger partial charge in [-0.2, -0.15) is 13.2 Å². The average molecular weight is 408 g/mol. The number of ether oxygens (including phenoxy) is 1. The monoisotopic (exact) mass is 407 g/mol. The first kappa shape index (κ1) is 23.2. The number of hydrogen-bond donors (Lipinski definition) is 2. The number of guanidine groups is 1. The van der Waals surface area contributed by atoms with E-state index in [1.165, 1.54) is 4.90 Å². The van der Waals surface area contributed by atoms with Crippen LogP contribution in [-0.2, 0) is 4.74 Å². The minimum atomic E-state index is -4.12. The van der Waals surface area contributed by atoms with Crippen molar-refractivity contribution in [1.29, 1.82) is 0 Å². The van der Waals surface area contributed by atoms with Crippen LogP contribution in [0.1, 0.15) is 26.7 Å². The highest BCUT2D eigenvalue weighted by atomic mass is 19.4. The molecule has 2 unspecified atom stereocenters. The standard InChI is InChI=1S/C19H36F3N5O/c1-15(2)10-17(27-6-8-28-9-7-27)12-25-18(23-3)24-11-16-4-5-26(13-16)14-19(20,21)22/h15-17H,4-14H2,1-3H3,(H2,23,24,25). The molecule has 0 saturated carbocycles. The molecule has 0 aromatic heterocycles. The Balaban J connectivity index is 1.75. The second kappa shape index (κ2) is 11.2. The molecule has 2 N–H and O–H groups in total. The average Bonchev–Trinajstić information content (AvgIpc) is 3.06. The summed E-state index contributed by atoms with van der Waals surface area (Å²) < 4.78 is 43.0. The lowest BCUT2D eigenvalue weighted by molar-refractivity contribution is -0.143. The smallest absolute Gasteiger partial charge is 0.379 e. The molecule has 0 radical (unpaired) electrons. The number of nitrogens with one attached hydrogen (secondary N) is 2. The second-order valence-electron chi connectivity index (χ2n) is 8.27. The number of likely N-dealkylation sites (tertiary alicyclic amines) is 1. The van der Waals surface area contributed by atoms with Crippen molar-refractivity contribution in [3.63, 3.8) is 0 Å².